The summed E-state index contributed by atoms with van der Waals surface area (Å²) in [4.78, 5) is 23.5. The van der Waals surface area contributed by atoms with Crippen LogP contribution in [-0.4, -0.2) is 28.7 Å². The summed E-state index contributed by atoms with van der Waals surface area (Å²) in [6, 6.07) is 10.9. The van der Waals surface area contributed by atoms with Crippen LogP contribution in [-0.2, 0) is 7.05 Å². The van der Waals surface area contributed by atoms with Crippen molar-refractivity contribution in [1.29, 1.82) is 0 Å². The molecule has 1 aromatic carbocycles. The highest BCUT2D eigenvalue weighted by Crippen LogP contribution is 2.10. The lowest BCUT2D eigenvalue weighted by molar-refractivity contribution is 0.0949. The summed E-state index contributed by atoms with van der Waals surface area (Å²) in [7, 11) is 1.51. The molecule has 0 aliphatic rings. The molecule has 1 heterocycles. The molecule has 0 aliphatic heterocycles. The molecular weight excluding hydrogens is 296 g/mol. The number of unbranched alkanes of at least 4 members (excludes halogenated alkanes) is 1. The number of aromatic nitrogens is 1. The van der Waals surface area contributed by atoms with Crippen LogP contribution in [0, 0.1) is 0 Å². The van der Waals surface area contributed by atoms with Crippen LogP contribution in [0.3, 0.4) is 0 Å². The monoisotopic (exact) mass is 316 g/mol. The lowest BCUT2D eigenvalue weighted by atomic mass is 10.2. The summed E-state index contributed by atoms with van der Waals surface area (Å²) in [6.45, 7) is 1.02. The van der Waals surface area contributed by atoms with E-state index in [0.29, 0.717) is 13.2 Å². The molecule has 1 amide bonds. The third-order valence-corrected chi connectivity index (χ3v) is 3.36. The summed E-state index contributed by atoms with van der Waals surface area (Å²) in [5.41, 5.74) is -0.595. The molecule has 0 bridgehead atoms. The van der Waals surface area contributed by atoms with Crippen molar-refractivity contribution < 1.29 is 14.6 Å². The Morgan fingerprint density at radius 1 is 1.22 bits per heavy atom. The van der Waals surface area contributed by atoms with Crippen LogP contribution < -0.4 is 15.6 Å². The lowest BCUT2D eigenvalue weighted by Gasteiger charge is -2.08. The molecule has 6 nitrogen and oxygen atoms in total. The number of aryl methyl sites for hydroxylation is 1. The fraction of sp³-hybridized carbons (Fsp3) is 0.294. The second-order valence-corrected chi connectivity index (χ2v) is 5.12. The minimum absolute atomic E-state index is 0.00589. The number of ether oxygens (including phenoxy) is 1. The number of pyridine rings is 1. The van der Waals surface area contributed by atoms with Crippen molar-refractivity contribution in [1.82, 2.24) is 9.88 Å². The average Bonchev–Trinajstić information content (AvgIpc) is 2.56. The van der Waals surface area contributed by atoms with Crippen LogP contribution in [0.15, 0.2) is 47.4 Å². The molecule has 122 valence electrons. The maximum atomic E-state index is 11.9. The molecule has 2 rings (SSSR count). The predicted octanol–water partition coefficient (Wildman–Crippen LogP) is 1.68. The van der Waals surface area contributed by atoms with E-state index < -0.39 is 17.2 Å². The molecule has 1 aromatic heterocycles. The molecule has 0 atom stereocenters. The lowest BCUT2D eigenvalue weighted by Crippen LogP contribution is -2.27. The van der Waals surface area contributed by atoms with E-state index >= 15 is 0 Å². The van der Waals surface area contributed by atoms with Crippen molar-refractivity contribution in [2.75, 3.05) is 13.2 Å². The molecule has 0 fully saturated rings. The predicted molar refractivity (Wildman–Crippen MR) is 86.9 cm³/mol. The highest BCUT2D eigenvalue weighted by atomic mass is 16.5. The zero-order chi connectivity index (χ0) is 16.7. The molecule has 0 saturated carbocycles. The topological polar surface area (TPSA) is 80.6 Å². The number of carbonyl (C=O) groups excluding carboxylic acids is 1. The van der Waals surface area contributed by atoms with Gasteiger partial charge in [-0.05, 0) is 31.0 Å². The Hall–Kier alpha value is -2.76. The fourth-order valence-corrected chi connectivity index (χ4v) is 2.03. The van der Waals surface area contributed by atoms with E-state index in [1.807, 2.05) is 30.3 Å². The molecule has 23 heavy (non-hydrogen) atoms. The van der Waals surface area contributed by atoms with E-state index in [1.54, 1.807) is 0 Å². The number of para-hydroxylation sites is 1. The normalized spacial score (nSPS) is 10.3. The number of hydrogen-bond acceptors (Lipinski definition) is 4. The van der Waals surface area contributed by atoms with Crippen LogP contribution >= 0.6 is 0 Å². The summed E-state index contributed by atoms with van der Waals surface area (Å²) < 4.78 is 6.76. The number of rotatable bonds is 7. The van der Waals surface area contributed by atoms with Crippen molar-refractivity contribution in [3.05, 3.63) is 58.5 Å². The van der Waals surface area contributed by atoms with Gasteiger partial charge in [0.15, 0.2) is 5.75 Å². The first-order valence-electron chi connectivity index (χ1n) is 7.44. The van der Waals surface area contributed by atoms with Gasteiger partial charge in [0.1, 0.15) is 5.75 Å². The Kier molecular flexibility index (Phi) is 5.80. The zero-order valence-electron chi connectivity index (χ0n) is 13.0. The van der Waals surface area contributed by atoms with Crippen molar-refractivity contribution in [3.63, 3.8) is 0 Å². The number of nitrogens with one attached hydrogen (secondary N) is 1. The number of benzene rings is 1. The Balaban J connectivity index is 1.71. The molecule has 2 aromatic rings. The molecule has 2 N–H and O–H groups in total. The van der Waals surface area contributed by atoms with E-state index in [9.17, 15) is 14.7 Å². The van der Waals surface area contributed by atoms with Crippen LogP contribution in [0.25, 0.3) is 0 Å². The largest absolute Gasteiger partial charge is 0.502 e. The van der Waals surface area contributed by atoms with Gasteiger partial charge in [0.2, 0.25) is 0 Å². The minimum atomic E-state index is -0.589. The maximum Gasteiger partial charge on any atom is 0.293 e. The SMILES string of the molecule is Cn1ccc(C(=O)NCCCCOc2ccccc2)c(O)c1=O. The van der Waals surface area contributed by atoms with E-state index in [0.717, 1.165) is 18.6 Å². The maximum absolute atomic E-state index is 11.9. The zero-order valence-corrected chi connectivity index (χ0v) is 13.0. The first kappa shape index (κ1) is 16.6. The number of aromatic hydroxyl groups is 1. The van der Waals surface area contributed by atoms with Crippen molar-refractivity contribution >= 4 is 5.91 Å². The molecule has 6 heteroatoms. The van der Waals surface area contributed by atoms with Crippen LogP contribution in [0.1, 0.15) is 23.2 Å². The number of carbonyl (C=O) groups is 1. The Bertz CT molecular complexity index is 710. The standard InChI is InChI=1S/C17H20N2O4/c1-19-11-9-14(15(20)17(19)22)16(21)18-10-5-6-12-23-13-7-3-2-4-8-13/h2-4,7-9,11,20H,5-6,10,12H2,1H3,(H,18,21). The van der Waals surface area contributed by atoms with Crippen molar-refractivity contribution in [2.24, 2.45) is 7.05 Å². The van der Waals surface area contributed by atoms with Gasteiger partial charge in [0.05, 0.1) is 12.2 Å². The number of hydrogen-bond donors (Lipinski definition) is 2. The summed E-state index contributed by atoms with van der Waals surface area (Å²) >= 11 is 0. The van der Waals surface area contributed by atoms with Gasteiger partial charge >= 0.3 is 0 Å². The van der Waals surface area contributed by atoms with Crippen LogP contribution in [0.2, 0.25) is 0 Å². The third-order valence-electron chi connectivity index (χ3n) is 3.36. The van der Waals surface area contributed by atoms with Gasteiger partial charge in [-0.2, -0.15) is 0 Å². The highest BCUT2D eigenvalue weighted by molar-refractivity contribution is 5.96. The highest BCUT2D eigenvalue weighted by Gasteiger charge is 2.13. The number of amides is 1. The first-order valence-corrected chi connectivity index (χ1v) is 7.44. The quantitative estimate of drug-likeness (QED) is 0.762. The summed E-state index contributed by atoms with van der Waals surface area (Å²) in [5, 5.41) is 12.4. The van der Waals surface area contributed by atoms with Gasteiger partial charge in [-0.1, -0.05) is 18.2 Å². The molecule has 0 radical (unpaired) electrons. The molecular formula is C17H20N2O4. The summed E-state index contributed by atoms with van der Waals surface area (Å²) in [5.74, 6) is -0.161. The van der Waals surface area contributed by atoms with Crippen LogP contribution in [0.4, 0.5) is 0 Å². The molecule has 0 spiro atoms. The van der Waals surface area contributed by atoms with Crippen molar-refractivity contribution in [2.45, 2.75) is 12.8 Å². The van der Waals surface area contributed by atoms with Gasteiger partial charge < -0.3 is 19.7 Å². The first-order chi connectivity index (χ1) is 11.1. The Morgan fingerprint density at radius 2 is 1.96 bits per heavy atom. The van der Waals surface area contributed by atoms with Gasteiger partial charge in [-0.25, -0.2) is 0 Å². The van der Waals surface area contributed by atoms with E-state index in [1.165, 1.54) is 23.9 Å². The van der Waals surface area contributed by atoms with Gasteiger partial charge in [0.25, 0.3) is 11.5 Å². The smallest absolute Gasteiger partial charge is 0.293 e. The Labute approximate surface area is 134 Å². The second-order valence-electron chi connectivity index (χ2n) is 5.12. The minimum Gasteiger partial charge on any atom is -0.502 e. The fourth-order valence-electron chi connectivity index (χ4n) is 2.03. The average molecular weight is 316 g/mol. The van der Waals surface area contributed by atoms with Crippen LogP contribution in [0.5, 0.6) is 11.5 Å². The summed E-state index contributed by atoms with van der Waals surface area (Å²) in [6.07, 6.45) is 2.98. The molecule has 0 aliphatic carbocycles. The van der Waals surface area contributed by atoms with Crippen molar-refractivity contribution in [3.8, 4) is 11.5 Å². The van der Waals surface area contributed by atoms with Gasteiger partial charge in [-0.3, -0.25) is 9.59 Å². The number of nitrogens with zero attached hydrogens (tertiary/aromatic N) is 1. The van der Waals surface area contributed by atoms with E-state index in [-0.39, 0.29) is 5.56 Å². The molecule has 0 saturated heterocycles. The van der Waals surface area contributed by atoms with E-state index in [4.69, 9.17) is 4.74 Å². The van der Waals surface area contributed by atoms with Gasteiger partial charge in [0, 0.05) is 19.8 Å². The molecule has 0 unspecified atom stereocenters. The van der Waals surface area contributed by atoms with Gasteiger partial charge in [-0.15, -0.1) is 0 Å². The van der Waals surface area contributed by atoms with E-state index in [2.05, 4.69) is 5.32 Å². The third kappa shape index (κ3) is 4.60. The second kappa shape index (κ2) is 8.03. The Morgan fingerprint density at radius 3 is 2.70 bits per heavy atom.